The predicted molar refractivity (Wildman–Crippen MR) is 92.2 cm³/mol. The normalized spacial score (nSPS) is 11.5. The number of carbonyl (C=O) groups is 2. The van der Waals surface area contributed by atoms with E-state index in [2.05, 4.69) is 10.3 Å². The number of amides is 1. The van der Waals surface area contributed by atoms with Gasteiger partial charge in [0.05, 0.1) is 6.04 Å². The van der Waals surface area contributed by atoms with Crippen molar-refractivity contribution in [2.75, 3.05) is 12.3 Å². The molecule has 2 aromatic rings. The highest BCUT2D eigenvalue weighted by atomic mass is 19.1. The highest BCUT2D eigenvalue weighted by Crippen LogP contribution is 2.30. The van der Waals surface area contributed by atoms with E-state index in [0.717, 1.165) is 13.0 Å². The van der Waals surface area contributed by atoms with E-state index in [1.165, 1.54) is 12.1 Å². The molecular weight excluding hydrogens is 363 g/mol. The van der Waals surface area contributed by atoms with Crippen LogP contribution in [0.4, 0.5) is 10.1 Å². The van der Waals surface area contributed by atoms with Crippen LogP contribution in [0.25, 0.3) is 0 Å². The molecule has 0 aliphatic carbocycles. The first-order chi connectivity index (χ1) is 12.7. The summed E-state index contributed by atoms with van der Waals surface area (Å²) in [6.07, 6.45) is 0. The maximum Gasteiger partial charge on any atom is 0.326 e. The standard InChI is InChI=1S/C16H17FN4O6/c1-7(19-15(24)12-11(18)14(23)21-16(25)20-12)6-26-10-5-3-4-9(17)13(10)27-8(2)22/h3-5,7H,6,18H2,1-2H3,(H,19,24)(H2,20,21,23,25)/t7-/m1/s1. The largest absolute Gasteiger partial charge is 0.487 e. The van der Waals surface area contributed by atoms with Crippen LogP contribution in [0.3, 0.4) is 0 Å². The van der Waals surface area contributed by atoms with E-state index in [0.29, 0.717) is 0 Å². The lowest BCUT2D eigenvalue weighted by Crippen LogP contribution is -2.40. The summed E-state index contributed by atoms with van der Waals surface area (Å²) in [6.45, 7) is 2.55. The Kier molecular flexibility index (Phi) is 5.96. The Morgan fingerprint density at radius 1 is 1.30 bits per heavy atom. The van der Waals surface area contributed by atoms with Crippen molar-refractivity contribution in [2.45, 2.75) is 19.9 Å². The van der Waals surface area contributed by atoms with Crippen molar-refractivity contribution in [1.82, 2.24) is 15.3 Å². The van der Waals surface area contributed by atoms with E-state index in [1.54, 1.807) is 6.92 Å². The van der Waals surface area contributed by atoms with Crippen LogP contribution < -0.4 is 31.8 Å². The van der Waals surface area contributed by atoms with Crippen LogP contribution in [0, 0.1) is 5.82 Å². The number of nitrogen functional groups attached to an aromatic ring is 1. The summed E-state index contributed by atoms with van der Waals surface area (Å²) >= 11 is 0. The van der Waals surface area contributed by atoms with Crippen LogP contribution in [0.1, 0.15) is 24.3 Å². The molecule has 0 unspecified atom stereocenters. The molecule has 144 valence electrons. The van der Waals surface area contributed by atoms with Gasteiger partial charge in [0.1, 0.15) is 18.0 Å². The Balaban J connectivity index is 2.07. The van der Waals surface area contributed by atoms with Crippen LogP contribution in [-0.4, -0.2) is 34.5 Å². The number of hydrogen-bond donors (Lipinski definition) is 4. The molecule has 5 N–H and O–H groups in total. The number of para-hydroxylation sites is 1. The van der Waals surface area contributed by atoms with Gasteiger partial charge in [-0.25, -0.2) is 9.18 Å². The maximum absolute atomic E-state index is 13.8. The lowest BCUT2D eigenvalue weighted by molar-refractivity contribution is -0.132. The Morgan fingerprint density at radius 3 is 2.67 bits per heavy atom. The van der Waals surface area contributed by atoms with Gasteiger partial charge >= 0.3 is 11.7 Å². The molecule has 2 rings (SSSR count). The number of esters is 1. The van der Waals surface area contributed by atoms with E-state index in [1.807, 2.05) is 4.98 Å². The highest BCUT2D eigenvalue weighted by molar-refractivity contribution is 5.96. The van der Waals surface area contributed by atoms with Gasteiger partial charge in [-0.15, -0.1) is 0 Å². The monoisotopic (exact) mass is 380 g/mol. The number of aromatic amines is 2. The molecule has 0 saturated carbocycles. The molecule has 1 aromatic carbocycles. The summed E-state index contributed by atoms with van der Waals surface area (Å²) in [6, 6.07) is 3.22. The van der Waals surface area contributed by atoms with Gasteiger partial charge in [0, 0.05) is 6.92 Å². The third kappa shape index (κ3) is 4.93. The molecule has 0 aliphatic heterocycles. The second-order valence-electron chi connectivity index (χ2n) is 5.54. The van der Waals surface area contributed by atoms with Crippen LogP contribution in [0.2, 0.25) is 0 Å². The van der Waals surface area contributed by atoms with Gasteiger partial charge < -0.3 is 25.5 Å². The minimum absolute atomic E-state index is 0.0321. The first-order valence-electron chi connectivity index (χ1n) is 7.71. The zero-order valence-corrected chi connectivity index (χ0v) is 14.4. The average Bonchev–Trinajstić information content (AvgIpc) is 2.58. The van der Waals surface area contributed by atoms with Crippen molar-refractivity contribution in [2.24, 2.45) is 0 Å². The van der Waals surface area contributed by atoms with Crippen molar-refractivity contribution in [1.29, 1.82) is 0 Å². The molecule has 0 spiro atoms. The van der Waals surface area contributed by atoms with Crippen molar-refractivity contribution in [3.63, 3.8) is 0 Å². The Bertz CT molecular complexity index is 984. The van der Waals surface area contributed by atoms with Crippen molar-refractivity contribution in [3.8, 4) is 11.5 Å². The first kappa shape index (κ1) is 19.7. The maximum atomic E-state index is 13.8. The zero-order chi connectivity index (χ0) is 20.1. The summed E-state index contributed by atoms with van der Waals surface area (Å²) in [4.78, 5) is 50.0. The molecule has 1 amide bonds. The number of halogens is 1. The van der Waals surface area contributed by atoms with E-state index < -0.39 is 40.7 Å². The third-order valence-electron chi connectivity index (χ3n) is 3.25. The summed E-state index contributed by atoms with van der Waals surface area (Å²) in [5.41, 5.74) is 2.88. The van der Waals surface area contributed by atoms with E-state index >= 15 is 0 Å². The van der Waals surface area contributed by atoms with Gasteiger partial charge in [-0.1, -0.05) is 6.07 Å². The number of aromatic nitrogens is 2. The summed E-state index contributed by atoms with van der Waals surface area (Å²) in [5, 5.41) is 2.47. The number of benzene rings is 1. The molecule has 0 saturated heterocycles. The second-order valence-corrected chi connectivity index (χ2v) is 5.54. The minimum atomic E-state index is -0.890. The molecule has 1 atom stereocenters. The van der Waals surface area contributed by atoms with Crippen LogP contribution >= 0.6 is 0 Å². The number of anilines is 1. The lowest BCUT2D eigenvalue weighted by Gasteiger charge is -2.17. The quantitative estimate of drug-likeness (QED) is 0.403. The third-order valence-corrected chi connectivity index (χ3v) is 3.25. The summed E-state index contributed by atoms with van der Waals surface area (Å²) in [7, 11) is 0. The topological polar surface area (TPSA) is 156 Å². The van der Waals surface area contributed by atoms with E-state index in [-0.39, 0.29) is 23.8 Å². The molecule has 0 bridgehead atoms. The van der Waals surface area contributed by atoms with Gasteiger partial charge in [0.2, 0.25) is 5.75 Å². The number of ether oxygens (including phenoxy) is 2. The molecule has 1 heterocycles. The Morgan fingerprint density at radius 2 is 2.00 bits per heavy atom. The number of H-pyrrole nitrogens is 2. The first-order valence-corrected chi connectivity index (χ1v) is 7.71. The van der Waals surface area contributed by atoms with Gasteiger partial charge in [0.25, 0.3) is 11.5 Å². The average molecular weight is 380 g/mol. The molecular formula is C16H17FN4O6. The Hall–Kier alpha value is -3.63. The van der Waals surface area contributed by atoms with E-state index in [4.69, 9.17) is 15.2 Å². The van der Waals surface area contributed by atoms with Crippen LogP contribution in [0.15, 0.2) is 27.8 Å². The fourth-order valence-electron chi connectivity index (χ4n) is 2.07. The minimum Gasteiger partial charge on any atom is -0.487 e. The second kappa shape index (κ2) is 8.17. The Labute approximate surface area is 151 Å². The SMILES string of the molecule is CC(=O)Oc1c(F)cccc1OC[C@@H](C)NC(=O)c1[nH]c(=O)[nH]c(=O)c1N. The fourth-order valence-corrected chi connectivity index (χ4v) is 2.07. The van der Waals surface area contributed by atoms with Crippen molar-refractivity contribution < 1.29 is 23.5 Å². The molecule has 0 fully saturated rings. The van der Waals surface area contributed by atoms with Crippen molar-refractivity contribution >= 4 is 17.6 Å². The number of hydrogen-bond acceptors (Lipinski definition) is 7. The van der Waals surface area contributed by atoms with Gasteiger partial charge in [-0.2, -0.15) is 0 Å². The molecule has 11 heteroatoms. The van der Waals surface area contributed by atoms with Gasteiger partial charge in [0.15, 0.2) is 11.6 Å². The smallest absolute Gasteiger partial charge is 0.326 e. The zero-order valence-electron chi connectivity index (χ0n) is 14.4. The predicted octanol–water partition coefficient (Wildman–Crippen LogP) is -0.0929. The fraction of sp³-hybridized carbons (Fsp3) is 0.250. The van der Waals surface area contributed by atoms with Crippen LogP contribution in [-0.2, 0) is 4.79 Å². The van der Waals surface area contributed by atoms with Gasteiger partial charge in [-0.05, 0) is 19.1 Å². The summed E-state index contributed by atoms with van der Waals surface area (Å²) in [5.74, 6) is -2.71. The number of carbonyl (C=O) groups excluding carboxylic acids is 2. The van der Waals surface area contributed by atoms with Gasteiger partial charge in [-0.3, -0.25) is 19.4 Å². The number of nitrogens with one attached hydrogen (secondary N) is 3. The molecule has 10 nitrogen and oxygen atoms in total. The van der Waals surface area contributed by atoms with Crippen LogP contribution in [0.5, 0.6) is 11.5 Å². The lowest BCUT2D eigenvalue weighted by atomic mass is 10.2. The molecule has 0 aliphatic rings. The van der Waals surface area contributed by atoms with Crippen molar-refractivity contribution in [3.05, 3.63) is 50.5 Å². The van der Waals surface area contributed by atoms with E-state index in [9.17, 15) is 23.6 Å². The summed E-state index contributed by atoms with van der Waals surface area (Å²) < 4.78 is 24.0. The molecule has 1 aromatic heterocycles. The number of rotatable bonds is 6. The number of nitrogens with two attached hydrogens (primary N) is 1. The molecule has 0 radical (unpaired) electrons. The highest BCUT2D eigenvalue weighted by Gasteiger charge is 2.18. The molecule has 27 heavy (non-hydrogen) atoms.